The Bertz CT molecular complexity index is 841. The zero-order chi connectivity index (χ0) is 24.2. The van der Waals surface area contributed by atoms with Crippen molar-refractivity contribution in [1.82, 2.24) is 15.5 Å². The van der Waals surface area contributed by atoms with Crippen molar-refractivity contribution in [3.05, 3.63) is 12.2 Å². The van der Waals surface area contributed by atoms with Crippen molar-refractivity contribution in [3.63, 3.8) is 0 Å². The molecule has 7 nitrogen and oxygen atoms in total. The first-order chi connectivity index (χ1) is 15.4. The van der Waals surface area contributed by atoms with Crippen LogP contribution in [0.25, 0.3) is 0 Å². The van der Waals surface area contributed by atoms with Gasteiger partial charge >= 0.3 is 0 Å². The van der Waals surface area contributed by atoms with Gasteiger partial charge in [-0.15, -0.1) is 0 Å². The fourth-order valence-electron chi connectivity index (χ4n) is 6.24. The zero-order valence-corrected chi connectivity index (χ0v) is 21.1. The van der Waals surface area contributed by atoms with Crippen LogP contribution >= 0.6 is 0 Å². The maximum atomic E-state index is 13.9. The fraction of sp³-hybridized carbons (Fsp3) is 0.808. The van der Waals surface area contributed by atoms with E-state index in [1.54, 1.807) is 4.90 Å². The van der Waals surface area contributed by atoms with E-state index >= 15 is 0 Å². The van der Waals surface area contributed by atoms with Crippen molar-refractivity contribution in [2.24, 2.45) is 17.8 Å². The van der Waals surface area contributed by atoms with E-state index in [0.29, 0.717) is 12.5 Å². The average Bonchev–Trinajstić information content (AvgIpc) is 3.26. The highest BCUT2D eigenvalue weighted by atomic mass is 16.5. The molecule has 2 N–H and O–H groups in total. The third-order valence-corrected chi connectivity index (χ3v) is 7.72. The summed E-state index contributed by atoms with van der Waals surface area (Å²) in [5.41, 5.74) is -2.43. The molecule has 3 aliphatic heterocycles. The van der Waals surface area contributed by atoms with Gasteiger partial charge < -0.3 is 20.3 Å². The quantitative estimate of drug-likeness (QED) is 0.598. The summed E-state index contributed by atoms with van der Waals surface area (Å²) in [6.07, 6.45) is 9.99. The Morgan fingerprint density at radius 3 is 2.42 bits per heavy atom. The second kappa shape index (κ2) is 8.40. The van der Waals surface area contributed by atoms with Gasteiger partial charge in [-0.2, -0.15) is 0 Å². The van der Waals surface area contributed by atoms with Crippen LogP contribution in [0.4, 0.5) is 0 Å². The van der Waals surface area contributed by atoms with E-state index in [1.165, 1.54) is 6.42 Å². The number of hydrogen-bond acceptors (Lipinski definition) is 4. The van der Waals surface area contributed by atoms with E-state index < -0.39 is 34.6 Å². The molecule has 1 aliphatic carbocycles. The van der Waals surface area contributed by atoms with Gasteiger partial charge in [0.15, 0.2) is 0 Å². The Morgan fingerprint density at radius 1 is 1.15 bits per heavy atom. The number of nitrogens with zero attached hydrogens (tertiary/aromatic N) is 1. The molecule has 1 spiro atoms. The molecule has 2 saturated heterocycles. The molecule has 3 fully saturated rings. The Labute approximate surface area is 198 Å². The van der Waals surface area contributed by atoms with Crippen molar-refractivity contribution in [1.29, 1.82) is 0 Å². The summed E-state index contributed by atoms with van der Waals surface area (Å²) in [6, 6.07) is -0.624. The molecule has 2 bridgehead atoms. The number of nitrogens with one attached hydrogen (secondary N) is 2. The molecule has 4 rings (SSSR count). The largest absolute Gasteiger partial charge is 0.356 e. The molecule has 0 aromatic carbocycles. The maximum absolute atomic E-state index is 13.9. The van der Waals surface area contributed by atoms with Gasteiger partial charge in [0.25, 0.3) is 0 Å². The molecule has 0 aromatic rings. The van der Waals surface area contributed by atoms with E-state index in [2.05, 4.69) is 24.5 Å². The molecular formula is C26H41N3O4. The van der Waals surface area contributed by atoms with E-state index in [1.807, 2.05) is 39.8 Å². The van der Waals surface area contributed by atoms with E-state index in [9.17, 15) is 14.4 Å². The van der Waals surface area contributed by atoms with Gasteiger partial charge in [0, 0.05) is 18.1 Å². The predicted octanol–water partition coefficient (Wildman–Crippen LogP) is 2.94. The third kappa shape index (κ3) is 4.22. The second-order valence-corrected chi connectivity index (χ2v) is 12.1. The molecule has 33 heavy (non-hydrogen) atoms. The molecule has 3 amide bonds. The van der Waals surface area contributed by atoms with Crippen LogP contribution in [0.1, 0.15) is 80.1 Å². The average molecular weight is 460 g/mol. The minimum absolute atomic E-state index is 0.116. The van der Waals surface area contributed by atoms with Gasteiger partial charge in [-0.25, -0.2) is 0 Å². The SMILES string of the molecule is CC(C)CCN1C(=O)[C@H]2[C@@H](C(=O)NC3CCCCC3)[C@@]3(C)C=C[C@@]2(O3)[C@@H]1C(=O)NC(C)(C)C. The van der Waals surface area contributed by atoms with Crippen molar-refractivity contribution < 1.29 is 19.1 Å². The normalized spacial score (nSPS) is 35.9. The van der Waals surface area contributed by atoms with Crippen LogP contribution in [0.3, 0.4) is 0 Å². The van der Waals surface area contributed by atoms with Gasteiger partial charge in [0.05, 0.1) is 17.4 Å². The number of carbonyl (C=O) groups excluding carboxylic acids is 3. The van der Waals surface area contributed by atoms with Gasteiger partial charge in [0.2, 0.25) is 17.7 Å². The van der Waals surface area contributed by atoms with Crippen LogP contribution in [0.5, 0.6) is 0 Å². The van der Waals surface area contributed by atoms with E-state index in [4.69, 9.17) is 4.74 Å². The van der Waals surface area contributed by atoms with Crippen LogP contribution in [-0.4, -0.2) is 58.0 Å². The van der Waals surface area contributed by atoms with Crippen LogP contribution in [0.2, 0.25) is 0 Å². The number of ether oxygens (including phenoxy) is 1. The summed E-state index contributed by atoms with van der Waals surface area (Å²) in [7, 11) is 0. The molecule has 4 aliphatic rings. The van der Waals surface area contributed by atoms with Crippen molar-refractivity contribution in [2.75, 3.05) is 6.54 Å². The van der Waals surface area contributed by atoms with Crippen LogP contribution in [0, 0.1) is 17.8 Å². The lowest BCUT2D eigenvalue weighted by atomic mass is 9.70. The second-order valence-electron chi connectivity index (χ2n) is 12.1. The fourth-order valence-corrected chi connectivity index (χ4v) is 6.24. The first kappa shape index (κ1) is 24.2. The van der Waals surface area contributed by atoms with E-state index in [0.717, 1.165) is 32.1 Å². The highest BCUT2D eigenvalue weighted by molar-refractivity contribution is 6.00. The standard InChI is InChI=1S/C26H41N3O4/c1-16(2)12-15-29-20(22(31)28-24(3,4)5)26-14-13-25(6,33-26)18(19(26)23(29)32)21(30)27-17-10-8-7-9-11-17/h13-14,16-20H,7-12,15H2,1-6H3,(H,27,30)(H,28,31)/t18-,19+,20-,25+,26-/m0/s1. The van der Waals surface area contributed by atoms with Crippen molar-refractivity contribution in [2.45, 2.75) is 109 Å². The third-order valence-electron chi connectivity index (χ3n) is 7.72. The number of likely N-dealkylation sites (tertiary alicyclic amines) is 1. The van der Waals surface area contributed by atoms with Gasteiger partial charge in [-0.3, -0.25) is 14.4 Å². The number of hydrogen-bond donors (Lipinski definition) is 2. The van der Waals surface area contributed by atoms with Gasteiger partial charge in [0.1, 0.15) is 11.6 Å². The summed E-state index contributed by atoms with van der Waals surface area (Å²) in [5.74, 6) is -1.40. The topological polar surface area (TPSA) is 87.7 Å². The molecule has 3 heterocycles. The number of amides is 3. The summed E-state index contributed by atoms with van der Waals surface area (Å²) in [6.45, 7) is 12.4. The summed E-state index contributed by atoms with van der Waals surface area (Å²) in [5, 5.41) is 6.29. The minimum Gasteiger partial charge on any atom is -0.356 e. The summed E-state index contributed by atoms with van der Waals surface area (Å²) < 4.78 is 6.55. The zero-order valence-electron chi connectivity index (χ0n) is 21.1. The number of carbonyl (C=O) groups is 3. The summed E-state index contributed by atoms with van der Waals surface area (Å²) in [4.78, 5) is 42.7. The van der Waals surface area contributed by atoms with Gasteiger partial charge in [-0.05, 0) is 52.9 Å². The van der Waals surface area contributed by atoms with Crippen molar-refractivity contribution in [3.8, 4) is 0 Å². The summed E-state index contributed by atoms with van der Waals surface area (Å²) >= 11 is 0. The highest BCUT2D eigenvalue weighted by Gasteiger charge is 2.76. The Balaban J connectivity index is 1.67. The molecule has 1 saturated carbocycles. The Hall–Kier alpha value is -1.89. The molecule has 0 radical (unpaired) electrons. The molecule has 0 aromatic heterocycles. The maximum Gasteiger partial charge on any atom is 0.246 e. The Kier molecular flexibility index (Phi) is 6.17. The van der Waals surface area contributed by atoms with Crippen molar-refractivity contribution >= 4 is 17.7 Å². The lowest BCUT2D eigenvalue weighted by molar-refractivity contribution is -0.145. The lowest BCUT2D eigenvalue weighted by Crippen LogP contribution is -2.58. The molecule has 7 heteroatoms. The monoisotopic (exact) mass is 459 g/mol. The van der Waals surface area contributed by atoms with Crippen LogP contribution in [0.15, 0.2) is 12.2 Å². The Morgan fingerprint density at radius 2 is 1.82 bits per heavy atom. The van der Waals surface area contributed by atoms with E-state index in [-0.39, 0.29) is 23.8 Å². The smallest absolute Gasteiger partial charge is 0.246 e. The number of fused-ring (bicyclic) bond motifs is 1. The molecule has 184 valence electrons. The van der Waals surface area contributed by atoms with Gasteiger partial charge in [-0.1, -0.05) is 45.3 Å². The molecule has 0 unspecified atom stereocenters. The first-order valence-electron chi connectivity index (χ1n) is 12.7. The first-order valence-corrected chi connectivity index (χ1v) is 12.7. The minimum atomic E-state index is -1.10. The molecule has 5 atom stereocenters. The highest BCUT2D eigenvalue weighted by Crippen LogP contribution is 2.59. The molecular weight excluding hydrogens is 418 g/mol. The number of rotatable bonds is 6. The predicted molar refractivity (Wildman–Crippen MR) is 126 cm³/mol. The van der Waals surface area contributed by atoms with Crippen LogP contribution < -0.4 is 10.6 Å². The lowest BCUT2D eigenvalue weighted by Gasteiger charge is -2.35. The van der Waals surface area contributed by atoms with Crippen LogP contribution in [-0.2, 0) is 19.1 Å².